The third-order valence-corrected chi connectivity index (χ3v) is 3.76. The summed E-state index contributed by atoms with van der Waals surface area (Å²) in [4.78, 5) is 4.14. The molecule has 0 bridgehead atoms. The summed E-state index contributed by atoms with van der Waals surface area (Å²) < 4.78 is 6.94. The van der Waals surface area contributed by atoms with E-state index >= 15 is 0 Å². The smallest absolute Gasteiger partial charge is 0.0735 e. The lowest BCUT2D eigenvalue weighted by molar-refractivity contribution is 0.0117. The van der Waals surface area contributed by atoms with Crippen LogP contribution < -0.4 is 5.32 Å². The monoisotopic (exact) mass is 298 g/mol. The third kappa shape index (κ3) is 4.05. The van der Waals surface area contributed by atoms with Crippen molar-refractivity contribution in [2.75, 3.05) is 7.05 Å². The molecule has 1 aromatic heterocycles. The van der Waals surface area contributed by atoms with E-state index in [4.69, 9.17) is 4.74 Å². The van der Waals surface area contributed by atoms with Gasteiger partial charge < -0.3 is 10.1 Å². The molecular weight excluding hydrogens is 280 g/mol. The number of aromatic nitrogens is 1. The van der Waals surface area contributed by atoms with Crippen molar-refractivity contribution in [1.82, 2.24) is 10.3 Å². The largest absolute Gasteiger partial charge is 0.373 e. The molecule has 1 heterocycles. The van der Waals surface area contributed by atoms with Crippen LogP contribution in [0.25, 0.3) is 0 Å². The second-order valence-corrected chi connectivity index (χ2v) is 5.50. The van der Waals surface area contributed by atoms with Crippen LogP contribution in [0.5, 0.6) is 0 Å². The maximum absolute atomic E-state index is 5.93. The van der Waals surface area contributed by atoms with Gasteiger partial charge in [0.05, 0.1) is 12.7 Å². The number of nitrogens with one attached hydrogen (secondary N) is 1. The fourth-order valence-electron chi connectivity index (χ4n) is 2.27. The van der Waals surface area contributed by atoms with E-state index in [0.717, 1.165) is 22.9 Å². The molecule has 1 aromatic rings. The van der Waals surface area contributed by atoms with Crippen LogP contribution >= 0.6 is 15.9 Å². The van der Waals surface area contributed by atoms with E-state index in [1.165, 1.54) is 12.8 Å². The Bertz CT molecular complexity index is 351. The van der Waals surface area contributed by atoms with Gasteiger partial charge in [-0.25, -0.2) is 0 Å². The predicted molar refractivity (Wildman–Crippen MR) is 71.8 cm³/mol. The standard InChI is InChI=1S/C13H19BrN2O/c1-15-12-2-4-13(5-3-12)17-9-10-6-11(14)8-16-7-10/h6-8,12-13,15H,2-5,9H2,1H3. The Labute approximate surface area is 111 Å². The van der Waals surface area contributed by atoms with Crippen LogP contribution in [0.1, 0.15) is 31.2 Å². The summed E-state index contributed by atoms with van der Waals surface area (Å²) in [5.74, 6) is 0. The first-order valence-corrected chi connectivity index (χ1v) is 6.95. The van der Waals surface area contributed by atoms with E-state index in [-0.39, 0.29) is 0 Å². The highest BCUT2D eigenvalue weighted by Gasteiger charge is 2.20. The minimum atomic E-state index is 0.415. The lowest BCUT2D eigenvalue weighted by Crippen LogP contribution is -2.32. The zero-order valence-corrected chi connectivity index (χ0v) is 11.7. The lowest BCUT2D eigenvalue weighted by Gasteiger charge is -2.28. The molecule has 0 spiro atoms. The van der Waals surface area contributed by atoms with Gasteiger partial charge in [-0.15, -0.1) is 0 Å². The van der Waals surface area contributed by atoms with Gasteiger partial charge in [0.1, 0.15) is 0 Å². The van der Waals surface area contributed by atoms with Crippen LogP contribution in [0.4, 0.5) is 0 Å². The first-order valence-electron chi connectivity index (χ1n) is 6.16. The predicted octanol–water partition coefficient (Wildman–Crippen LogP) is 2.89. The molecule has 0 unspecified atom stereocenters. The molecule has 17 heavy (non-hydrogen) atoms. The van der Waals surface area contributed by atoms with E-state index in [9.17, 15) is 0 Å². The van der Waals surface area contributed by atoms with E-state index in [1.54, 1.807) is 6.20 Å². The van der Waals surface area contributed by atoms with Gasteiger partial charge >= 0.3 is 0 Å². The van der Waals surface area contributed by atoms with Crippen LogP contribution in [0.15, 0.2) is 22.9 Å². The van der Waals surface area contributed by atoms with Gasteiger partial charge in [-0.3, -0.25) is 4.98 Å². The number of ether oxygens (including phenoxy) is 1. The molecular formula is C13H19BrN2O. The molecule has 3 nitrogen and oxygen atoms in total. The minimum Gasteiger partial charge on any atom is -0.373 e. The van der Waals surface area contributed by atoms with Crippen LogP contribution in [-0.4, -0.2) is 24.2 Å². The molecule has 1 aliphatic rings. The molecule has 0 saturated heterocycles. The Balaban J connectivity index is 1.76. The Morgan fingerprint density at radius 1 is 1.35 bits per heavy atom. The molecule has 2 rings (SSSR count). The molecule has 0 radical (unpaired) electrons. The minimum absolute atomic E-state index is 0.415. The number of hydrogen-bond acceptors (Lipinski definition) is 3. The Morgan fingerprint density at radius 2 is 2.12 bits per heavy atom. The average molecular weight is 299 g/mol. The topological polar surface area (TPSA) is 34.1 Å². The number of pyridine rings is 1. The molecule has 0 amide bonds. The van der Waals surface area contributed by atoms with Crippen molar-refractivity contribution in [2.24, 2.45) is 0 Å². The lowest BCUT2D eigenvalue weighted by atomic mass is 9.93. The molecule has 1 N–H and O–H groups in total. The van der Waals surface area contributed by atoms with Gasteiger partial charge in [0.15, 0.2) is 0 Å². The highest BCUT2D eigenvalue weighted by Crippen LogP contribution is 2.22. The van der Waals surface area contributed by atoms with Crippen molar-refractivity contribution in [3.05, 3.63) is 28.5 Å². The van der Waals surface area contributed by atoms with E-state index in [0.29, 0.717) is 18.8 Å². The van der Waals surface area contributed by atoms with Crippen LogP contribution in [0, 0.1) is 0 Å². The molecule has 1 fully saturated rings. The molecule has 94 valence electrons. The third-order valence-electron chi connectivity index (χ3n) is 3.33. The Morgan fingerprint density at radius 3 is 2.76 bits per heavy atom. The van der Waals surface area contributed by atoms with Gasteiger partial charge in [0.25, 0.3) is 0 Å². The van der Waals surface area contributed by atoms with Crippen LogP contribution in [-0.2, 0) is 11.3 Å². The van der Waals surface area contributed by atoms with E-state index in [1.807, 2.05) is 13.2 Å². The fraction of sp³-hybridized carbons (Fsp3) is 0.615. The van der Waals surface area contributed by atoms with E-state index in [2.05, 4.69) is 32.3 Å². The molecule has 4 heteroatoms. The van der Waals surface area contributed by atoms with Gasteiger partial charge in [-0.2, -0.15) is 0 Å². The average Bonchev–Trinajstić information content (AvgIpc) is 2.37. The summed E-state index contributed by atoms with van der Waals surface area (Å²) in [7, 11) is 2.04. The maximum atomic E-state index is 5.93. The zero-order chi connectivity index (χ0) is 12.1. The number of nitrogens with zero attached hydrogens (tertiary/aromatic N) is 1. The second-order valence-electron chi connectivity index (χ2n) is 4.58. The SMILES string of the molecule is CNC1CCC(OCc2cncc(Br)c2)CC1. The molecule has 1 aliphatic carbocycles. The van der Waals surface area contributed by atoms with Crippen molar-refractivity contribution in [3.8, 4) is 0 Å². The molecule has 1 saturated carbocycles. The summed E-state index contributed by atoms with van der Waals surface area (Å²) in [5.41, 5.74) is 1.13. The highest BCUT2D eigenvalue weighted by atomic mass is 79.9. The van der Waals surface area contributed by atoms with Crippen LogP contribution in [0.3, 0.4) is 0 Å². The van der Waals surface area contributed by atoms with Crippen molar-refractivity contribution in [3.63, 3.8) is 0 Å². The van der Waals surface area contributed by atoms with Crippen molar-refractivity contribution < 1.29 is 4.74 Å². The number of rotatable bonds is 4. The molecule has 0 aromatic carbocycles. The summed E-state index contributed by atoms with van der Waals surface area (Å²) in [5, 5.41) is 3.33. The molecule has 0 atom stereocenters. The first kappa shape index (κ1) is 13.0. The highest BCUT2D eigenvalue weighted by molar-refractivity contribution is 9.10. The second kappa shape index (κ2) is 6.47. The van der Waals surface area contributed by atoms with Gasteiger partial charge in [0, 0.05) is 22.9 Å². The van der Waals surface area contributed by atoms with E-state index < -0.39 is 0 Å². The number of halogens is 1. The summed E-state index contributed by atoms with van der Waals surface area (Å²) >= 11 is 3.42. The Kier molecular flexibility index (Phi) is 4.95. The zero-order valence-electron chi connectivity index (χ0n) is 10.2. The van der Waals surface area contributed by atoms with Crippen molar-refractivity contribution in [2.45, 2.75) is 44.4 Å². The Hall–Kier alpha value is -0.450. The van der Waals surface area contributed by atoms with Gasteiger partial charge in [-0.1, -0.05) is 0 Å². The summed E-state index contributed by atoms with van der Waals surface area (Å²) in [6, 6.07) is 2.74. The normalized spacial score (nSPS) is 24.8. The van der Waals surface area contributed by atoms with Crippen molar-refractivity contribution in [1.29, 1.82) is 0 Å². The number of hydrogen-bond donors (Lipinski definition) is 1. The summed E-state index contributed by atoms with van der Waals surface area (Å²) in [6.07, 6.45) is 8.83. The van der Waals surface area contributed by atoms with Crippen molar-refractivity contribution >= 4 is 15.9 Å². The molecule has 0 aliphatic heterocycles. The van der Waals surface area contributed by atoms with Gasteiger partial charge in [-0.05, 0) is 60.3 Å². The maximum Gasteiger partial charge on any atom is 0.0735 e. The quantitative estimate of drug-likeness (QED) is 0.928. The summed E-state index contributed by atoms with van der Waals surface area (Å²) in [6.45, 7) is 0.668. The van der Waals surface area contributed by atoms with Gasteiger partial charge in [0.2, 0.25) is 0 Å². The fourth-order valence-corrected chi connectivity index (χ4v) is 2.68. The first-order chi connectivity index (χ1) is 8.28. The van der Waals surface area contributed by atoms with Crippen LogP contribution in [0.2, 0.25) is 0 Å².